The summed E-state index contributed by atoms with van der Waals surface area (Å²) in [4.78, 5) is 18.0. The van der Waals surface area contributed by atoms with E-state index in [0.717, 1.165) is 24.3 Å². The van der Waals surface area contributed by atoms with E-state index in [1.165, 1.54) is 35.9 Å². The topological polar surface area (TPSA) is 62.2 Å². The number of ether oxygens (including phenoxy) is 2. The van der Waals surface area contributed by atoms with Gasteiger partial charge in [0.25, 0.3) is 0 Å². The predicted octanol–water partition coefficient (Wildman–Crippen LogP) is 5.49. The molecular weight excluding hydrogens is 545 g/mol. The van der Waals surface area contributed by atoms with Crippen molar-refractivity contribution in [3.63, 3.8) is 0 Å². The second-order valence-corrected chi connectivity index (χ2v) is 12.4. The van der Waals surface area contributed by atoms with E-state index in [1.807, 2.05) is 37.0 Å². The normalized spacial score (nSPS) is 29.7. The first-order valence-corrected chi connectivity index (χ1v) is 14.7. The Morgan fingerprint density at radius 3 is 2.79 bits per heavy atom. The Morgan fingerprint density at radius 1 is 1.26 bits per heavy atom. The van der Waals surface area contributed by atoms with Crippen LogP contribution in [-0.4, -0.2) is 70.6 Å². The van der Waals surface area contributed by atoms with Crippen molar-refractivity contribution in [3.8, 4) is 11.5 Å². The maximum atomic E-state index is 13.9. The lowest BCUT2D eigenvalue weighted by atomic mass is 9.48. The highest BCUT2D eigenvalue weighted by Gasteiger charge is 2.73. The first-order chi connectivity index (χ1) is 20.0. The van der Waals surface area contributed by atoms with E-state index in [0.29, 0.717) is 37.9 Å². The number of carbonyl (C=O) groups excluding carboxylic acids is 1. The summed E-state index contributed by atoms with van der Waals surface area (Å²) in [6.07, 6.45) is 2.17. The summed E-state index contributed by atoms with van der Waals surface area (Å²) in [5.74, 6) is 0.378. The second kappa shape index (κ2) is 10.5. The lowest BCUT2D eigenvalue weighted by molar-refractivity contribution is -0.274. The Bertz CT molecular complexity index is 1410. The number of hydrogen-bond acceptors (Lipinski definition) is 5. The standard InChI is InChI=1S/C33H37F3N2O4/c1-4-16-37-17-15-31-29-23-8-6-10-26(29)41-30(31)25(13-14-32(31,40)27(37)19-23)38(20-21(2)3)28(39)12-11-22-7-5-9-24(18-22)42-33(34,35)36/h4-12,18,21,25,27,30,40H,1,13-17,19-20H2,2-3H3/t25-,27+,30-,31-,32+/m0/s1. The van der Waals surface area contributed by atoms with Crippen molar-refractivity contribution in [1.82, 2.24) is 9.80 Å². The largest absolute Gasteiger partial charge is 0.573 e. The number of benzene rings is 2. The molecule has 224 valence electrons. The number of piperidine rings is 1. The Kier molecular flexibility index (Phi) is 7.17. The quantitative estimate of drug-likeness (QED) is 0.330. The Balaban J connectivity index is 1.34. The number of aliphatic hydroxyl groups is 1. The first-order valence-electron chi connectivity index (χ1n) is 14.7. The van der Waals surface area contributed by atoms with Crippen LogP contribution in [0.1, 0.15) is 49.8 Å². The third kappa shape index (κ3) is 4.61. The summed E-state index contributed by atoms with van der Waals surface area (Å²) in [6, 6.07) is 11.3. The third-order valence-electron chi connectivity index (χ3n) is 9.56. The van der Waals surface area contributed by atoms with Crippen LogP contribution in [-0.2, 0) is 16.6 Å². The van der Waals surface area contributed by atoms with Gasteiger partial charge in [-0.1, -0.05) is 44.2 Å². The first kappa shape index (κ1) is 28.8. The maximum absolute atomic E-state index is 13.9. The number of alkyl halides is 3. The molecule has 2 fully saturated rings. The Labute approximate surface area is 244 Å². The molecule has 6 rings (SSSR count). The summed E-state index contributed by atoms with van der Waals surface area (Å²) >= 11 is 0. The molecule has 9 heteroatoms. The van der Waals surface area contributed by atoms with Crippen LogP contribution in [0.3, 0.4) is 0 Å². The van der Waals surface area contributed by atoms with Crippen LogP contribution in [0.2, 0.25) is 0 Å². The minimum Gasteiger partial charge on any atom is -0.487 e. The van der Waals surface area contributed by atoms with Crippen molar-refractivity contribution in [2.24, 2.45) is 5.92 Å². The van der Waals surface area contributed by atoms with Gasteiger partial charge in [-0.2, -0.15) is 0 Å². The van der Waals surface area contributed by atoms with Gasteiger partial charge in [-0.25, -0.2) is 0 Å². The van der Waals surface area contributed by atoms with Crippen molar-refractivity contribution in [3.05, 3.63) is 77.9 Å². The van der Waals surface area contributed by atoms with Gasteiger partial charge >= 0.3 is 6.36 Å². The van der Waals surface area contributed by atoms with Gasteiger partial charge in [0.1, 0.15) is 17.6 Å². The zero-order valence-electron chi connectivity index (χ0n) is 23.9. The molecule has 1 amide bonds. The molecule has 6 nitrogen and oxygen atoms in total. The van der Waals surface area contributed by atoms with Crippen LogP contribution < -0.4 is 9.47 Å². The number of hydrogen-bond donors (Lipinski definition) is 1. The number of amides is 1. The van der Waals surface area contributed by atoms with E-state index in [9.17, 15) is 23.1 Å². The van der Waals surface area contributed by atoms with Crippen molar-refractivity contribution < 1.29 is 32.5 Å². The smallest absolute Gasteiger partial charge is 0.487 e. The fourth-order valence-electron chi connectivity index (χ4n) is 8.14. The van der Waals surface area contributed by atoms with Gasteiger partial charge in [0.15, 0.2) is 0 Å². The van der Waals surface area contributed by atoms with Crippen LogP contribution in [0.5, 0.6) is 11.5 Å². The summed E-state index contributed by atoms with van der Waals surface area (Å²) < 4.78 is 48.9. The van der Waals surface area contributed by atoms with Crippen molar-refractivity contribution in [2.45, 2.75) is 75.1 Å². The van der Waals surface area contributed by atoms with E-state index in [4.69, 9.17) is 4.74 Å². The van der Waals surface area contributed by atoms with Gasteiger partial charge in [0.05, 0.1) is 17.1 Å². The predicted molar refractivity (Wildman–Crippen MR) is 153 cm³/mol. The van der Waals surface area contributed by atoms with E-state index in [-0.39, 0.29) is 29.7 Å². The third-order valence-corrected chi connectivity index (χ3v) is 9.56. The highest BCUT2D eigenvalue weighted by atomic mass is 19.4. The maximum Gasteiger partial charge on any atom is 0.573 e. The van der Waals surface area contributed by atoms with Crippen molar-refractivity contribution in [1.29, 1.82) is 0 Å². The molecule has 1 spiro atoms. The Hall–Kier alpha value is -3.30. The zero-order valence-corrected chi connectivity index (χ0v) is 23.9. The van der Waals surface area contributed by atoms with Crippen LogP contribution in [0.4, 0.5) is 13.2 Å². The van der Waals surface area contributed by atoms with Crippen LogP contribution >= 0.6 is 0 Å². The molecule has 0 aromatic heterocycles. The molecule has 1 N–H and O–H groups in total. The van der Waals surface area contributed by atoms with Gasteiger partial charge in [-0.3, -0.25) is 9.69 Å². The molecule has 5 atom stereocenters. The van der Waals surface area contributed by atoms with Gasteiger partial charge in [0, 0.05) is 30.8 Å². The molecule has 2 aromatic carbocycles. The molecule has 1 saturated heterocycles. The van der Waals surface area contributed by atoms with Gasteiger partial charge in [-0.15, -0.1) is 19.8 Å². The minimum absolute atomic E-state index is 0.0718. The van der Waals surface area contributed by atoms with Gasteiger partial charge in [-0.05, 0) is 73.5 Å². The fraction of sp³-hybridized carbons (Fsp3) is 0.485. The zero-order chi connectivity index (χ0) is 29.9. The van der Waals surface area contributed by atoms with E-state index in [2.05, 4.69) is 22.3 Å². The molecule has 2 aliphatic heterocycles. The summed E-state index contributed by atoms with van der Waals surface area (Å²) in [5.41, 5.74) is 1.08. The molecule has 1 saturated carbocycles. The van der Waals surface area contributed by atoms with Crippen LogP contribution in [0.25, 0.3) is 6.08 Å². The van der Waals surface area contributed by atoms with Crippen molar-refractivity contribution in [2.75, 3.05) is 19.6 Å². The molecule has 0 unspecified atom stereocenters. The molecule has 2 heterocycles. The highest BCUT2D eigenvalue weighted by Crippen LogP contribution is 2.64. The average Bonchev–Trinajstić information content (AvgIpc) is 3.26. The van der Waals surface area contributed by atoms with E-state index in [1.54, 1.807) is 6.07 Å². The number of rotatable bonds is 8. The lowest BCUT2D eigenvalue weighted by Gasteiger charge is -2.64. The van der Waals surface area contributed by atoms with E-state index >= 15 is 0 Å². The summed E-state index contributed by atoms with van der Waals surface area (Å²) in [5, 5.41) is 12.6. The molecule has 2 aliphatic carbocycles. The highest BCUT2D eigenvalue weighted by molar-refractivity contribution is 5.92. The second-order valence-electron chi connectivity index (χ2n) is 12.4. The summed E-state index contributed by atoms with van der Waals surface area (Å²) in [6.45, 7) is 10.0. The molecule has 42 heavy (non-hydrogen) atoms. The monoisotopic (exact) mass is 582 g/mol. The van der Waals surface area contributed by atoms with Crippen LogP contribution in [0.15, 0.2) is 61.2 Å². The SMILES string of the molecule is C=CCN1CC[C@]23c4c5cccc4O[C@H]2[C@@H](N(CC(C)C)C(=O)C=Cc2cccc(OC(F)(F)F)c2)CC[C@@]3(O)[C@H]1C5. The molecule has 4 aliphatic rings. The lowest BCUT2D eigenvalue weighted by Crippen LogP contribution is -2.78. The minimum atomic E-state index is -4.80. The van der Waals surface area contributed by atoms with Crippen LogP contribution in [0, 0.1) is 5.92 Å². The fourth-order valence-corrected chi connectivity index (χ4v) is 8.14. The van der Waals surface area contributed by atoms with E-state index < -0.39 is 23.5 Å². The number of likely N-dealkylation sites (tertiary alicyclic amines) is 1. The molecule has 2 bridgehead atoms. The number of carbonyl (C=O) groups is 1. The van der Waals surface area contributed by atoms with Crippen molar-refractivity contribution >= 4 is 12.0 Å². The number of halogens is 3. The summed E-state index contributed by atoms with van der Waals surface area (Å²) in [7, 11) is 0. The van der Waals surface area contributed by atoms with Gasteiger partial charge < -0.3 is 19.5 Å². The Morgan fingerprint density at radius 2 is 2.05 bits per heavy atom. The number of nitrogens with zero attached hydrogens (tertiary/aromatic N) is 2. The van der Waals surface area contributed by atoms with Gasteiger partial charge in [0.2, 0.25) is 5.91 Å². The average molecular weight is 583 g/mol. The molecule has 0 radical (unpaired) electrons. The molecule has 2 aromatic rings. The molecular formula is C33H37F3N2O4.